The third-order valence-electron chi connectivity index (χ3n) is 1.57. The molecule has 0 aromatic rings. The first kappa shape index (κ1) is 21.3. The van der Waals surface area contributed by atoms with Crippen LogP contribution in [0.5, 0.6) is 0 Å². The molecule has 0 saturated carbocycles. The molecule has 0 heterocycles. The van der Waals surface area contributed by atoms with Crippen molar-refractivity contribution in [3.8, 4) is 0 Å². The highest BCUT2D eigenvalue weighted by atomic mass is 27.0. The molecule has 0 aliphatic heterocycles. The summed E-state index contributed by atoms with van der Waals surface area (Å²) in [6.45, 7) is -1.35. The van der Waals surface area contributed by atoms with E-state index in [1.807, 2.05) is 0 Å². The van der Waals surface area contributed by atoms with Crippen molar-refractivity contribution in [1.29, 1.82) is 0 Å². The quantitative estimate of drug-likeness (QED) is 0.160. The maximum atomic E-state index is 9.06. The standard InChI is InChI=1S/C6H14O7.Al.Mg.2H/c7-1-3(8)5(10)6(11)4(9)2-13-12;;;;/h3-12H,1-2H2;;;;/t3-,4+,5-,6-;;;;/m1..../s1. The molecule has 4 atom stereocenters. The van der Waals surface area contributed by atoms with E-state index < -0.39 is 37.6 Å². The molecule has 7 nitrogen and oxygen atoms in total. The molecule has 0 aliphatic carbocycles. The normalized spacial score (nSPS) is 18.0. The van der Waals surface area contributed by atoms with Crippen LogP contribution in [0.2, 0.25) is 0 Å². The second-order valence-electron chi connectivity index (χ2n) is 2.59. The van der Waals surface area contributed by atoms with Crippen molar-refractivity contribution >= 4 is 40.4 Å². The Morgan fingerprint density at radius 1 is 0.933 bits per heavy atom. The van der Waals surface area contributed by atoms with Crippen LogP contribution < -0.4 is 0 Å². The highest BCUT2D eigenvalue weighted by Gasteiger charge is 2.29. The van der Waals surface area contributed by atoms with Crippen LogP contribution in [0.3, 0.4) is 0 Å². The van der Waals surface area contributed by atoms with Crippen molar-refractivity contribution in [1.82, 2.24) is 0 Å². The van der Waals surface area contributed by atoms with Gasteiger partial charge in [0.25, 0.3) is 0 Å². The van der Waals surface area contributed by atoms with Gasteiger partial charge in [0.15, 0.2) is 0 Å². The zero-order valence-corrected chi connectivity index (χ0v) is 8.55. The molecular weight excluding hydrogens is 235 g/mol. The minimum absolute atomic E-state index is 0. The number of hydrogen-bond donors (Lipinski definition) is 6. The second kappa shape index (κ2) is 11.5. The lowest BCUT2D eigenvalue weighted by molar-refractivity contribution is -0.267. The Morgan fingerprint density at radius 3 is 1.67 bits per heavy atom. The Hall–Kier alpha value is 1.02. The summed E-state index contributed by atoms with van der Waals surface area (Å²) < 4.78 is 0. The average molecular weight is 251 g/mol. The number of aliphatic hydroxyl groups is 5. The molecule has 9 heteroatoms. The Balaban J connectivity index is -0.000000720. The first-order chi connectivity index (χ1) is 6.04. The molecule has 0 unspecified atom stereocenters. The van der Waals surface area contributed by atoms with Crippen molar-refractivity contribution in [2.75, 3.05) is 13.2 Å². The molecule has 87 valence electrons. The maximum Gasteiger partial charge on any atom is 0.316 e. The third kappa shape index (κ3) is 7.84. The maximum absolute atomic E-state index is 9.06. The smallest absolute Gasteiger partial charge is 0.316 e. The molecule has 0 spiro atoms. The Kier molecular flexibility index (Phi) is 16.3. The summed E-state index contributed by atoms with van der Waals surface area (Å²) in [6, 6.07) is 0. The topological polar surface area (TPSA) is 131 Å². The van der Waals surface area contributed by atoms with Crippen molar-refractivity contribution in [2.24, 2.45) is 0 Å². The van der Waals surface area contributed by atoms with E-state index in [4.69, 9.17) is 30.8 Å². The molecule has 0 rings (SSSR count). The van der Waals surface area contributed by atoms with Gasteiger partial charge in [-0.15, -0.1) is 0 Å². The van der Waals surface area contributed by atoms with Gasteiger partial charge < -0.3 is 25.5 Å². The lowest BCUT2D eigenvalue weighted by Crippen LogP contribution is -2.47. The first-order valence-corrected chi connectivity index (χ1v) is 3.64. The molecule has 0 amide bonds. The molecular formula is C6H16AlMgO7. The van der Waals surface area contributed by atoms with E-state index in [0.717, 1.165) is 0 Å². The van der Waals surface area contributed by atoms with E-state index >= 15 is 0 Å². The molecule has 0 aromatic carbocycles. The zero-order chi connectivity index (χ0) is 10.4. The zero-order valence-electron chi connectivity index (χ0n) is 7.39. The van der Waals surface area contributed by atoms with E-state index in [2.05, 4.69) is 4.89 Å². The van der Waals surface area contributed by atoms with Crippen molar-refractivity contribution in [3.05, 3.63) is 0 Å². The van der Waals surface area contributed by atoms with Crippen LogP contribution in [0.25, 0.3) is 0 Å². The van der Waals surface area contributed by atoms with Crippen LogP contribution in [0.4, 0.5) is 0 Å². The monoisotopic (exact) mass is 251 g/mol. The molecule has 0 fully saturated rings. The highest BCUT2D eigenvalue weighted by molar-refractivity contribution is 5.76. The van der Waals surface area contributed by atoms with E-state index in [1.54, 1.807) is 0 Å². The number of hydrogen-bond acceptors (Lipinski definition) is 7. The van der Waals surface area contributed by atoms with Crippen LogP contribution in [0, 0.1) is 0 Å². The van der Waals surface area contributed by atoms with E-state index in [-0.39, 0.29) is 40.4 Å². The molecule has 15 heavy (non-hydrogen) atoms. The van der Waals surface area contributed by atoms with Gasteiger partial charge >= 0.3 is 23.1 Å². The lowest BCUT2D eigenvalue weighted by Gasteiger charge is -2.24. The van der Waals surface area contributed by atoms with Gasteiger partial charge in [-0.1, -0.05) is 0 Å². The van der Waals surface area contributed by atoms with Gasteiger partial charge in [0.05, 0.1) is 6.61 Å². The van der Waals surface area contributed by atoms with Crippen LogP contribution in [-0.4, -0.2) is 109 Å². The molecule has 0 aliphatic rings. The van der Waals surface area contributed by atoms with E-state index in [9.17, 15) is 0 Å². The van der Waals surface area contributed by atoms with Crippen LogP contribution in [0.1, 0.15) is 0 Å². The van der Waals surface area contributed by atoms with Crippen molar-refractivity contribution in [3.63, 3.8) is 0 Å². The fourth-order valence-corrected chi connectivity index (χ4v) is 0.738. The number of aliphatic hydroxyl groups excluding tert-OH is 5. The summed E-state index contributed by atoms with van der Waals surface area (Å²) >= 11 is 0. The summed E-state index contributed by atoms with van der Waals surface area (Å²) in [6.07, 6.45) is -6.49. The third-order valence-corrected chi connectivity index (χ3v) is 1.57. The summed E-state index contributed by atoms with van der Waals surface area (Å²) in [5, 5.41) is 52.1. The summed E-state index contributed by atoms with van der Waals surface area (Å²) in [4.78, 5) is 3.52. The predicted octanol–water partition coefficient (Wildman–Crippen LogP) is -4.39. The predicted molar refractivity (Wildman–Crippen MR) is 54.0 cm³/mol. The summed E-state index contributed by atoms with van der Waals surface area (Å²) in [7, 11) is 0. The molecule has 0 aromatic heterocycles. The van der Waals surface area contributed by atoms with Gasteiger partial charge in [-0.05, 0) is 0 Å². The van der Waals surface area contributed by atoms with Gasteiger partial charge in [0.1, 0.15) is 31.0 Å². The number of rotatable bonds is 6. The highest BCUT2D eigenvalue weighted by Crippen LogP contribution is 2.04. The Labute approximate surface area is 114 Å². The average Bonchev–Trinajstić information content (AvgIpc) is 2.14. The van der Waals surface area contributed by atoms with Crippen molar-refractivity contribution < 1.29 is 35.7 Å². The lowest BCUT2D eigenvalue weighted by atomic mass is 10.0. The summed E-state index contributed by atoms with van der Waals surface area (Å²) in [5.74, 6) is 0. The Morgan fingerprint density at radius 2 is 1.33 bits per heavy atom. The fourth-order valence-electron chi connectivity index (χ4n) is 0.738. The Bertz CT molecular complexity index is 141. The molecule has 0 saturated heterocycles. The minimum atomic E-state index is -1.70. The molecule has 6 N–H and O–H groups in total. The molecule has 3 radical (unpaired) electrons. The van der Waals surface area contributed by atoms with Gasteiger partial charge in [0.2, 0.25) is 0 Å². The minimum Gasteiger partial charge on any atom is -0.394 e. The first-order valence-electron chi connectivity index (χ1n) is 3.64. The van der Waals surface area contributed by atoms with Crippen LogP contribution >= 0.6 is 0 Å². The van der Waals surface area contributed by atoms with Crippen molar-refractivity contribution in [2.45, 2.75) is 24.4 Å². The van der Waals surface area contributed by atoms with Gasteiger partial charge in [0, 0.05) is 17.4 Å². The van der Waals surface area contributed by atoms with Crippen LogP contribution in [0.15, 0.2) is 0 Å². The van der Waals surface area contributed by atoms with Gasteiger partial charge in [-0.25, -0.2) is 4.89 Å². The van der Waals surface area contributed by atoms with Gasteiger partial charge in [-0.3, -0.25) is 5.26 Å². The molecule has 0 bridgehead atoms. The van der Waals surface area contributed by atoms with E-state index in [1.165, 1.54) is 0 Å². The largest absolute Gasteiger partial charge is 0.394 e. The second-order valence-corrected chi connectivity index (χ2v) is 2.59. The fraction of sp³-hybridized carbons (Fsp3) is 1.00. The summed E-state index contributed by atoms with van der Waals surface area (Å²) in [5.41, 5.74) is 0. The van der Waals surface area contributed by atoms with Gasteiger partial charge in [-0.2, -0.15) is 0 Å². The van der Waals surface area contributed by atoms with Crippen LogP contribution in [-0.2, 0) is 4.89 Å². The van der Waals surface area contributed by atoms with E-state index in [0.29, 0.717) is 0 Å². The SMILES string of the molecule is OC[C@@H](O)[C@@H](O)[C@H](O)[C@@H](O)COO.[Al].[MgH2].